The first-order valence-corrected chi connectivity index (χ1v) is 6.76. The van der Waals surface area contributed by atoms with E-state index in [0.29, 0.717) is 5.92 Å². The van der Waals surface area contributed by atoms with Crippen molar-refractivity contribution in [3.8, 4) is 0 Å². The lowest BCUT2D eigenvalue weighted by Gasteiger charge is -2.27. The molecule has 1 unspecified atom stereocenters. The fourth-order valence-electron chi connectivity index (χ4n) is 2.06. The van der Waals surface area contributed by atoms with Crippen LogP contribution in [-0.2, 0) is 0 Å². The molecule has 2 rings (SSSR count). The topological polar surface area (TPSA) is 24.9 Å². The Balaban J connectivity index is 2.03. The van der Waals surface area contributed by atoms with E-state index in [2.05, 4.69) is 38.5 Å². The van der Waals surface area contributed by atoms with Gasteiger partial charge < -0.3 is 5.32 Å². The van der Waals surface area contributed by atoms with E-state index in [1.165, 1.54) is 31.6 Å². The van der Waals surface area contributed by atoms with Crippen molar-refractivity contribution < 1.29 is 0 Å². The van der Waals surface area contributed by atoms with Crippen LogP contribution in [0.1, 0.15) is 31.4 Å². The second kappa shape index (κ2) is 4.73. The maximum atomic E-state index is 4.50. The van der Waals surface area contributed by atoms with E-state index in [1.807, 2.05) is 0 Å². The number of piperidine rings is 1. The molecular weight excluding hydrogens is 260 g/mol. The van der Waals surface area contributed by atoms with E-state index >= 15 is 0 Å². The summed E-state index contributed by atoms with van der Waals surface area (Å²) < 4.78 is 1.01. The molecule has 0 bridgehead atoms. The van der Waals surface area contributed by atoms with E-state index in [9.17, 15) is 0 Å². The summed E-state index contributed by atoms with van der Waals surface area (Å²) in [5.41, 5.74) is 1.26. The molecule has 0 aromatic carbocycles. The quantitative estimate of drug-likeness (QED) is 0.897. The molecule has 0 spiro atoms. The minimum atomic E-state index is 0.611. The molecule has 1 atom stereocenters. The molecule has 0 radical (unpaired) electrons. The Morgan fingerprint density at radius 1 is 1.57 bits per heavy atom. The molecule has 2 nitrogen and oxygen atoms in total. The molecule has 0 saturated carbocycles. The van der Waals surface area contributed by atoms with E-state index in [0.717, 1.165) is 9.83 Å². The first-order chi connectivity index (χ1) is 6.77. The Labute approximate surface area is 97.3 Å². The molecule has 2 heterocycles. The van der Waals surface area contributed by atoms with E-state index < -0.39 is 0 Å². The summed E-state index contributed by atoms with van der Waals surface area (Å²) in [6, 6.07) is 0. The summed E-state index contributed by atoms with van der Waals surface area (Å²) in [6.07, 6.45) is 2.58. The number of hydrogen-bond donors (Lipinski definition) is 1. The number of aromatic nitrogens is 1. The fourth-order valence-corrected chi connectivity index (χ4v) is 3.19. The second-order valence-corrected chi connectivity index (χ2v) is 6.04. The van der Waals surface area contributed by atoms with Crippen molar-refractivity contribution in [2.75, 3.05) is 13.1 Å². The van der Waals surface area contributed by atoms with Crippen molar-refractivity contribution in [2.24, 2.45) is 5.92 Å². The van der Waals surface area contributed by atoms with Crippen LogP contribution in [0.15, 0.2) is 9.30 Å². The minimum Gasteiger partial charge on any atom is -0.317 e. The highest BCUT2D eigenvalue weighted by Gasteiger charge is 2.22. The van der Waals surface area contributed by atoms with Crippen LogP contribution in [0.4, 0.5) is 0 Å². The molecule has 14 heavy (non-hydrogen) atoms. The van der Waals surface area contributed by atoms with Crippen LogP contribution in [0.3, 0.4) is 0 Å². The summed E-state index contributed by atoms with van der Waals surface area (Å²) in [4.78, 5) is 4.50. The second-order valence-electron chi connectivity index (χ2n) is 3.90. The van der Waals surface area contributed by atoms with Crippen molar-refractivity contribution in [1.82, 2.24) is 10.3 Å². The number of thiazole rings is 1. The molecule has 78 valence electrons. The zero-order chi connectivity index (χ0) is 9.97. The number of halogens is 1. The Hall–Kier alpha value is 0.0700. The summed E-state index contributed by atoms with van der Waals surface area (Å²) in [5, 5.41) is 5.58. The fraction of sp³-hybridized carbons (Fsp3) is 0.700. The van der Waals surface area contributed by atoms with Gasteiger partial charge in [-0.25, -0.2) is 4.98 Å². The molecule has 4 heteroatoms. The largest absolute Gasteiger partial charge is 0.317 e. The normalized spacial score (nSPS) is 21.0. The number of hydrogen-bond acceptors (Lipinski definition) is 3. The van der Waals surface area contributed by atoms with Crippen LogP contribution < -0.4 is 5.32 Å². The molecule has 1 fully saturated rings. The van der Waals surface area contributed by atoms with Gasteiger partial charge in [-0.1, -0.05) is 6.92 Å². The summed E-state index contributed by atoms with van der Waals surface area (Å²) in [5.74, 6) is 1.42. The minimum absolute atomic E-state index is 0.611. The highest BCUT2D eigenvalue weighted by molar-refractivity contribution is 9.11. The van der Waals surface area contributed by atoms with Crippen LogP contribution in [0.2, 0.25) is 0 Å². The van der Waals surface area contributed by atoms with Gasteiger partial charge in [-0.15, -0.1) is 11.3 Å². The van der Waals surface area contributed by atoms with Gasteiger partial charge in [-0.3, -0.25) is 0 Å². The third kappa shape index (κ3) is 2.35. The van der Waals surface area contributed by atoms with Crippen LogP contribution >= 0.6 is 27.3 Å². The van der Waals surface area contributed by atoms with E-state index in [-0.39, 0.29) is 0 Å². The van der Waals surface area contributed by atoms with Gasteiger partial charge in [0.1, 0.15) is 0 Å². The maximum absolute atomic E-state index is 4.50. The summed E-state index contributed by atoms with van der Waals surface area (Å²) in [6.45, 7) is 4.64. The Morgan fingerprint density at radius 2 is 2.29 bits per heavy atom. The predicted octanol–water partition coefficient (Wildman–Crippen LogP) is 3.01. The van der Waals surface area contributed by atoms with Gasteiger partial charge in [0.05, 0.1) is 5.69 Å². The summed E-state index contributed by atoms with van der Waals surface area (Å²) in [7, 11) is 0. The zero-order valence-corrected chi connectivity index (χ0v) is 10.7. The molecule has 1 aliphatic rings. The zero-order valence-electron chi connectivity index (χ0n) is 8.29. The predicted molar refractivity (Wildman–Crippen MR) is 63.8 cm³/mol. The smallest absolute Gasteiger partial charge is 0.159 e. The molecule has 0 amide bonds. The number of nitrogens with one attached hydrogen (secondary N) is 1. The van der Waals surface area contributed by atoms with Gasteiger partial charge in [0.25, 0.3) is 0 Å². The average molecular weight is 275 g/mol. The highest BCUT2D eigenvalue weighted by Crippen LogP contribution is 2.32. The molecule has 1 aromatic heterocycles. The SMILES string of the molecule is CC(c1csc(Br)n1)C1CCNCC1. The molecule has 1 saturated heterocycles. The molecule has 1 N–H and O–H groups in total. The van der Waals surface area contributed by atoms with Crippen molar-refractivity contribution in [3.05, 3.63) is 15.0 Å². The van der Waals surface area contributed by atoms with Gasteiger partial charge in [0, 0.05) is 11.3 Å². The number of nitrogens with zero attached hydrogens (tertiary/aromatic N) is 1. The van der Waals surface area contributed by atoms with E-state index in [1.54, 1.807) is 11.3 Å². The van der Waals surface area contributed by atoms with Crippen LogP contribution in [0.25, 0.3) is 0 Å². The van der Waals surface area contributed by atoms with Gasteiger partial charge in [0.15, 0.2) is 3.92 Å². The third-order valence-electron chi connectivity index (χ3n) is 3.05. The maximum Gasteiger partial charge on any atom is 0.159 e. The van der Waals surface area contributed by atoms with Gasteiger partial charge in [-0.2, -0.15) is 0 Å². The lowest BCUT2D eigenvalue weighted by molar-refractivity contribution is 0.327. The van der Waals surface area contributed by atoms with Crippen molar-refractivity contribution in [1.29, 1.82) is 0 Å². The molecule has 1 aliphatic heterocycles. The van der Waals surface area contributed by atoms with Crippen LogP contribution in [0, 0.1) is 5.92 Å². The first-order valence-electron chi connectivity index (χ1n) is 5.09. The van der Waals surface area contributed by atoms with Gasteiger partial charge in [0.2, 0.25) is 0 Å². The molecule has 0 aliphatic carbocycles. The molecular formula is C10H15BrN2S. The summed E-state index contributed by atoms with van der Waals surface area (Å²) >= 11 is 5.11. The van der Waals surface area contributed by atoms with Crippen molar-refractivity contribution in [2.45, 2.75) is 25.7 Å². The van der Waals surface area contributed by atoms with Crippen LogP contribution in [-0.4, -0.2) is 18.1 Å². The Kier molecular flexibility index (Phi) is 3.57. The average Bonchev–Trinajstić information content (AvgIpc) is 2.65. The van der Waals surface area contributed by atoms with E-state index in [4.69, 9.17) is 0 Å². The lowest BCUT2D eigenvalue weighted by atomic mass is 9.84. The number of rotatable bonds is 2. The third-order valence-corrected chi connectivity index (χ3v) is 4.43. The standard InChI is InChI=1S/C10H15BrN2S/c1-7(8-2-4-12-5-3-8)9-6-14-10(11)13-9/h6-8,12H,2-5H2,1H3. The Bertz CT molecular complexity index is 294. The van der Waals surface area contributed by atoms with Crippen molar-refractivity contribution in [3.63, 3.8) is 0 Å². The Morgan fingerprint density at radius 3 is 2.86 bits per heavy atom. The molecule has 1 aromatic rings. The monoisotopic (exact) mass is 274 g/mol. The van der Waals surface area contributed by atoms with Gasteiger partial charge in [-0.05, 0) is 47.8 Å². The first kappa shape index (κ1) is 10.6. The van der Waals surface area contributed by atoms with Gasteiger partial charge >= 0.3 is 0 Å². The lowest BCUT2D eigenvalue weighted by Crippen LogP contribution is -2.30. The van der Waals surface area contributed by atoms with Crippen molar-refractivity contribution >= 4 is 27.3 Å². The highest BCUT2D eigenvalue weighted by atomic mass is 79.9. The van der Waals surface area contributed by atoms with Crippen LogP contribution in [0.5, 0.6) is 0 Å².